The molecule has 0 amide bonds. The summed E-state index contributed by atoms with van der Waals surface area (Å²) < 4.78 is 6.44. The quantitative estimate of drug-likeness (QED) is 0.497. The Morgan fingerprint density at radius 2 is 2.25 bits per heavy atom. The predicted molar refractivity (Wildman–Crippen MR) is 51.0 cm³/mol. The Balaban J connectivity index is 2.20. The number of hydrogen-bond donors (Lipinski definition) is 3. The highest BCUT2D eigenvalue weighted by atomic mass is 16.6. The van der Waals surface area contributed by atoms with Gasteiger partial charge in [0.2, 0.25) is 5.82 Å². The van der Waals surface area contributed by atoms with E-state index >= 15 is 0 Å². The van der Waals surface area contributed by atoms with Gasteiger partial charge in [0.15, 0.2) is 6.23 Å². The minimum Gasteiger partial charge on any atom is -0.394 e. The number of aliphatic hydroxyl groups is 3. The lowest BCUT2D eigenvalue weighted by Crippen LogP contribution is -2.33. The topological polar surface area (TPSA) is 101 Å². The van der Waals surface area contributed by atoms with Gasteiger partial charge in [0.25, 0.3) is 0 Å². The second-order valence-electron chi connectivity index (χ2n) is 3.42. The molecule has 1 aromatic heterocycles. The van der Waals surface area contributed by atoms with Crippen molar-refractivity contribution >= 4 is 0 Å². The fraction of sp³-hybridized carbons (Fsp3) is 0.556. The third kappa shape index (κ3) is 1.68. The maximum atomic E-state index is 9.67. The van der Waals surface area contributed by atoms with Gasteiger partial charge >= 0.3 is 0 Å². The van der Waals surface area contributed by atoms with E-state index in [4.69, 9.17) is 16.3 Å². The predicted octanol–water partition coefficient (Wildman–Crippen LogP) is -2.13. The third-order valence-electron chi connectivity index (χ3n) is 2.42. The Morgan fingerprint density at radius 3 is 2.75 bits per heavy atom. The van der Waals surface area contributed by atoms with E-state index in [9.17, 15) is 10.2 Å². The number of ether oxygens (including phenoxy) is 1. The first kappa shape index (κ1) is 11.0. The van der Waals surface area contributed by atoms with Crippen molar-refractivity contribution in [2.45, 2.75) is 24.5 Å². The molecule has 0 bridgehead atoms. The Bertz CT molecular complexity index is 413. The van der Waals surface area contributed by atoms with Crippen LogP contribution in [0.2, 0.25) is 0 Å². The second kappa shape index (κ2) is 4.19. The van der Waals surface area contributed by atoms with Gasteiger partial charge in [-0.25, -0.2) is 9.67 Å². The Morgan fingerprint density at radius 1 is 1.50 bits per heavy atom. The summed E-state index contributed by atoms with van der Waals surface area (Å²) in [6, 6.07) is 0. The third-order valence-corrected chi connectivity index (χ3v) is 2.42. The zero-order chi connectivity index (χ0) is 11.7. The average Bonchev–Trinajstić information content (AvgIpc) is 2.86. The van der Waals surface area contributed by atoms with E-state index in [0.29, 0.717) is 0 Å². The van der Waals surface area contributed by atoms with Gasteiger partial charge in [0.1, 0.15) is 24.6 Å². The summed E-state index contributed by atoms with van der Waals surface area (Å²) in [6.45, 7) is -0.384. The first-order valence-corrected chi connectivity index (χ1v) is 4.67. The van der Waals surface area contributed by atoms with E-state index in [1.54, 1.807) is 0 Å². The molecule has 2 rings (SSSR count). The summed E-state index contributed by atoms with van der Waals surface area (Å²) >= 11 is 0. The SMILES string of the molecule is C#Cc1ncn([C@@H]2O[C@H](CO)C(O)[C@@H]2O)n1. The molecule has 0 aromatic carbocycles. The number of rotatable bonds is 2. The number of nitrogens with zero attached hydrogens (tertiary/aromatic N) is 3. The second-order valence-corrected chi connectivity index (χ2v) is 3.42. The number of aliphatic hydroxyl groups excluding tert-OH is 3. The fourth-order valence-electron chi connectivity index (χ4n) is 1.56. The zero-order valence-electron chi connectivity index (χ0n) is 8.26. The van der Waals surface area contributed by atoms with Crippen molar-refractivity contribution in [1.29, 1.82) is 0 Å². The molecule has 3 N–H and O–H groups in total. The number of terminal acetylenes is 1. The largest absolute Gasteiger partial charge is 0.394 e. The molecule has 4 atom stereocenters. The minimum absolute atomic E-state index is 0.165. The van der Waals surface area contributed by atoms with Gasteiger partial charge in [-0.05, 0) is 5.92 Å². The van der Waals surface area contributed by atoms with Crippen LogP contribution < -0.4 is 0 Å². The van der Waals surface area contributed by atoms with E-state index in [-0.39, 0.29) is 12.4 Å². The van der Waals surface area contributed by atoms with Gasteiger partial charge in [-0.3, -0.25) is 0 Å². The molecule has 16 heavy (non-hydrogen) atoms. The summed E-state index contributed by atoms with van der Waals surface area (Å²) in [6.07, 6.45) is 2.34. The Hall–Kier alpha value is -1.46. The van der Waals surface area contributed by atoms with Crippen LogP contribution in [0.15, 0.2) is 6.33 Å². The van der Waals surface area contributed by atoms with E-state index in [1.165, 1.54) is 11.0 Å². The summed E-state index contributed by atoms with van der Waals surface area (Å²) in [5.74, 6) is 2.39. The van der Waals surface area contributed by atoms with Crippen molar-refractivity contribution in [3.63, 3.8) is 0 Å². The van der Waals surface area contributed by atoms with Crippen LogP contribution in [0.3, 0.4) is 0 Å². The van der Waals surface area contributed by atoms with Gasteiger partial charge in [-0.2, -0.15) is 0 Å². The molecule has 1 unspecified atom stereocenters. The van der Waals surface area contributed by atoms with Gasteiger partial charge < -0.3 is 20.1 Å². The maximum Gasteiger partial charge on any atom is 0.225 e. The molecule has 2 heterocycles. The zero-order valence-corrected chi connectivity index (χ0v) is 8.26. The van der Waals surface area contributed by atoms with Crippen LogP contribution in [0.5, 0.6) is 0 Å². The van der Waals surface area contributed by atoms with E-state index in [2.05, 4.69) is 16.0 Å². The molecule has 1 aliphatic heterocycles. The van der Waals surface area contributed by atoms with Gasteiger partial charge in [0, 0.05) is 0 Å². The highest BCUT2D eigenvalue weighted by Crippen LogP contribution is 2.28. The highest BCUT2D eigenvalue weighted by molar-refractivity contribution is 5.12. The monoisotopic (exact) mass is 225 g/mol. The first-order valence-electron chi connectivity index (χ1n) is 4.67. The van der Waals surface area contributed by atoms with Crippen LogP contribution in [0, 0.1) is 12.3 Å². The van der Waals surface area contributed by atoms with Crippen LogP contribution in [0.4, 0.5) is 0 Å². The maximum absolute atomic E-state index is 9.67. The summed E-state index contributed by atoms with van der Waals surface area (Å²) in [5.41, 5.74) is 0. The summed E-state index contributed by atoms with van der Waals surface area (Å²) in [7, 11) is 0. The van der Waals surface area contributed by atoms with Crippen molar-refractivity contribution in [2.75, 3.05) is 6.61 Å². The van der Waals surface area contributed by atoms with Crippen molar-refractivity contribution in [1.82, 2.24) is 14.8 Å². The first-order chi connectivity index (χ1) is 7.67. The van der Waals surface area contributed by atoms with Gasteiger partial charge in [0.05, 0.1) is 6.61 Å². The van der Waals surface area contributed by atoms with Crippen LogP contribution in [0.1, 0.15) is 12.1 Å². The average molecular weight is 225 g/mol. The lowest BCUT2D eigenvalue weighted by molar-refractivity contribution is -0.0588. The van der Waals surface area contributed by atoms with Crippen LogP contribution in [0.25, 0.3) is 0 Å². The van der Waals surface area contributed by atoms with E-state index in [0.717, 1.165) is 0 Å². The standard InChI is InChI=1S/C9H11N3O4/c1-2-6-10-4-12(11-6)9-8(15)7(14)5(3-13)16-9/h1,4-5,7-9,13-15H,3H2/t5-,7?,8+,9-/m1/s1. The molecule has 1 fully saturated rings. The van der Waals surface area contributed by atoms with Crippen LogP contribution in [-0.2, 0) is 4.74 Å². The summed E-state index contributed by atoms with van der Waals surface area (Å²) in [4.78, 5) is 3.77. The Labute approximate surface area is 91.3 Å². The molecule has 0 saturated carbocycles. The molecule has 0 aliphatic carbocycles. The molecule has 7 nitrogen and oxygen atoms in total. The molecular formula is C9H11N3O4. The number of hydrogen-bond acceptors (Lipinski definition) is 6. The lowest BCUT2D eigenvalue weighted by Gasteiger charge is -2.13. The highest BCUT2D eigenvalue weighted by Gasteiger charge is 2.43. The smallest absolute Gasteiger partial charge is 0.225 e. The normalized spacial score (nSPS) is 33.9. The molecular weight excluding hydrogens is 214 g/mol. The van der Waals surface area contributed by atoms with Crippen molar-refractivity contribution in [2.24, 2.45) is 0 Å². The minimum atomic E-state index is -1.18. The lowest BCUT2D eigenvalue weighted by atomic mass is 10.1. The number of aromatic nitrogens is 3. The molecule has 1 saturated heterocycles. The molecule has 7 heteroatoms. The molecule has 1 aromatic rings. The molecule has 0 spiro atoms. The molecule has 86 valence electrons. The molecule has 1 aliphatic rings. The molecule has 0 radical (unpaired) electrons. The van der Waals surface area contributed by atoms with Crippen molar-refractivity contribution in [3.8, 4) is 12.3 Å². The Kier molecular flexibility index (Phi) is 2.89. The fourth-order valence-corrected chi connectivity index (χ4v) is 1.56. The summed E-state index contributed by atoms with van der Waals surface area (Å²) in [5, 5.41) is 31.9. The van der Waals surface area contributed by atoms with Gasteiger partial charge in [-0.15, -0.1) is 11.5 Å². The van der Waals surface area contributed by atoms with Crippen molar-refractivity contribution < 1.29 is 20.1 Å². The van der Waals surface area contributed by atoms with Crippen LogP contribution in [-0.4, -0.2) is 55.0 Å². The van der Waals surface area contributed by atoms with E-state index in [1.807, 2.05) is 0 Å². The van der Waals surface area contributed by atoms with E-state index < -0.39 is 24.5 Å². The van der Waals surface area contributed by atoms with Gasteiger partial charge in [-0.1, -0.05) is 0 Å². The van der Waals surface area contributed by atoms with Crippen molar-refractivity contribution in [3.05, 3.63) is 12.2 Å². The van der Waals surface area contributed by atoms with Crippen LogP contribution >= 0.6 is 0 Å².